The predicted molar refractivity (Wildman–Crippen MR) is 60.3 cm³/mol. The normalized spacial score (nSPS) is 19.4. The van der Waals surface area contributed by atoms with Crippen molar-refractivity contribution < 1.29 is 4.74 Å². The standard InChI is InChI=1S/C11H15NOS/c1-12-7-10-6-8-5-9(13-2)3-4-11(8)14-10/h3-5,10,12H,6-7H2,1-2H3. The molecule has 1 aliphatic rings. The Balaban J connectivity index is 2.14. The van der Waals surface area contributed by atoms with Gasteiger partial charge in [-0.2, -0.15) is 0 Å². The van der Waals surface area contributed by atoms with Crippen LogP contribution < -0.4 is 10.1 Å². The van der Waals surface area contributed by atoms with Crippen LogP contribution in [0.25, 0.3) is 0 Å². The summed E-state index contributed by atoms with van der Waals surface area (Å²) in [6, 6.07) is 6.35. The maximum atomic E-state index is 5.21. The highest BCUT2D eigenvalue weighted by Gasteiger charge is 2.21. The second kappa shape index (κ2) is 4.24. The minimum Gasteiger partial charge on any atom is -0.497 e. The summed E-state index contributed by atoms with van der Waals surface area (Å²) in [5.41, 5.74) is 1.43. The molecule has 0 saturated carbocycles. The molecule has 2 rings (SSSR count). The van der Waals surface area contributed by atoms with E-state index in [2.05, 4.69) is 17.4 Å². The van der Waals surface area contributed by atoms with Gasteiger partial charge in [0.2, 0.25) is 0 Å². The summed E-state index contributed by atoms with van der Waals surface area (Å²) in [7, 11) is 3.72. The molecule has 0 bridgehead atoms. The molecular weight excluding hydrogens is 194 g/mol. The Morgan fingerprint density at radius 3 is 3.14 bits per heavy atom. The van der Waals surface area contributed by atoms with E-state index in [0.717, 1.165) is 18.7 Å². The smallest absolute Gasteiger partial charge is 0.119 e. The first-order valence-electron chi connectivity index (χ1n) is 4.81. The Hall–Kier alpha value is -0.670. The number of methoxy groups -OCH3 is 1. The minimum absolute atomic E-state index is 0.683. The van der Waals surface area contributed by atoms with E-state index in [1.165, 1.54) is 10.5 Å². The van der Waals surface area contributed by atoms with Crippen LogP contribution in [0.2, 0.25) is 0 Å². The van der Waals surface area contributed by atoms with Crippen molar-refractivity contribution in [3.63, 3.8) is 0 Å². The van der Waals surface area contributed by atoms with Gasteiger partial charge in [-0.1, -0.05) is 0 Å². The Labute approximate surface area is 89.0 Å². The summed E-state index contributed by atoms with van der Waals surface area (Å²) in [6.07, 6.45) is 1.15. The largest absolute Gasteiger partial charge is 0.497 e. The highest BCUT2D eigenvalue weighted by Crippen LogP contribution is 2.38. The number of benzene rings is 1. The van der Waals surface area contributed by atoms with Crippen molar-refractivity contribution in [1.29, 1.82) is 0 Å². The van der Waals surface area contributed by atoms with E-state index in [9.17, 15) is 0 Å². The van der Waals surface area contributed by atoms with Crippen LogP contribution in [0.5, 0.6) is 5.75 Å². The van der Waals surface area contributed by atoms with E-state index in [4.69, 9.17) is 4.74 Å². The van der Waals surface area contributed by atoms with Crippen LogP contribution >= 0.6 is 11.8 Å². The average Bonchev–Trinajstić information content (AvgIpc) is 2.59. The zero-order valence-corrected chi connectivity index (χ0v) is 9.36. The lowest BCUT2D eigenvalue weighted by Gasteiger charge is -2.05. The second-order valence-electron chi connectivity index (χ2n) is 3.48. The fourth-order valence-electron chi connectivity index (χ4n) is 1.77. The molecule has 0 aromatic heterocycles. The fourth-order valence-corrected chi connectivity index (χ4v) is 3.08. The van der Waals surface area contributed by atoms with Crippen molar-refractivity contribution >= 4 is 11.8 Å². The topological polar surface area (TPSA) is 21.3 Å². The van der Waals surface area contributed by atoms with Gasteiger partial charge >= 0.3 is 0 Å². The van der Waals surface area contributed by atoms with Crippen LogP contribution in [0.1, 0.15) is 5.56 Å². The first-order valence-corrected chi connectivity index (χ1v) is 5.69. The van der Waals surface area contributed by atoms with Gasteiger partial charge in [0, 0.05) is 16.7 Å². The molecule has 0 radical (unpaired) electrons. The van der Waals surface area contributed by atoms with Gasteiger partial charge in [0.05, 0.1) is 7.11 Å². The molecule has 1 unspecified atom stereocenters. The molecule has 2 nitrogen and oxygen atoms in total. The fraction of sp³-hybridized carbons (Fsp3) is 0.455. The van der Waals surface area contributed by atoms with Gasteiger partial charge in [0.25, 0.3) is 0 Å². The van der Waals surface area contributed by atoms with Gasteiger partial charge in [0.15, 0.2) is 0 Å². The van der Waals surface area contributed by atoms with Gasteiger partial charge in [-0.25, -0.2) is 0 Å². The van der Waals surface area contributed by atoms with Crippen LogP contribution in [-0.2, 0) is 6.42 Å². The minimum atomic E-state index is 0.683. The molecule has 1 N–H and O–H groups in total. The average molecular weight is 209 g/mol. The van der Waals surface area contributed by atoms with E-state index in [0.29, 0.717) is 5.25 Å². The van der Waals surface area contributed by atoms with Gasteiger partial charge in [0.1, 0.15) is 5.75 Å². The number of nitrogens with one attached hydrogen (secondary N) is 1. The molecule has 1 aromatic carbocycles. The molecular formula is C11H15NOS. The van der Waals surface area contributed by atoms with Gasteiger partial charge < -0.3 is 10.1 Å². The van der Waals surface area contributed by atoms with Crippen molar-refractivity contribution in [2.24, 2.45) is 0 Å². The molecule has 1 aromatic rings. The third-order valence-electron chi connectivity index (χ3n) is 2.44. The van der Waals surface area contributed by atoms with Crippen LogP contribution in [0, 0.1) is 0 Å². The zero-order valence-electron chi connectivity index (χ0n) is 8.54. The first kappa shape index (κ1) is 9.87. The third kappa shape index (κ3) is 1.88. The Bertz CT molecular complexity index is 327. The number of fused-ring (bicyclic) bond motifs is 1. The first-order chi connectivity index (χ1) is 6.83. The maximum absolute atomic E-state index is 5.21. The SMILES string of the molecule is CNCC1Cc2cc(OC)ccc2S1. The second-order valence-corrected chi connectivity index (χ2v) is 4.82. The highest BCUT2D eigenvalue weighted by molar-refractivity contribution is 8.00. The Morgan fingerprint density at radius 1 is 1.57 bits per heavy atom. The lowest BCUT2D eigenvalue weighted by atomic mass is 10.1. The zero-order chi connectivity index (χ0) is 9.97. The van der Waals surface area contributed by atoms with E-state index in [1.54, 1.807) is 7.11 Å². The van der Waals surface area contributed by atoms with Gasteiger partial charge in [-0.3, -0.25) is 0 Å². The van der Waals surface area contributed by atoms with Crippen molar-refractivity contribution in [2.75, 3.05) is 20.7 Å². The molecule has 1 atom stereocenters. The number of rotatable bonds is 3. The quantitative estimate of drug-likeness (QED) is 0.822. The monoisotopic (exact) mass is 209 g/mol. The molecule has 0 amide bonds. The van der Waals surface area contributed by atoms with Crippen LogP contribution in [0.15, 0.2) is 23.1 Å². The molecule has 14 heavy (non-hydrogen) atoms. The van der Waals surface area contributed by atoms with Crippen molar-refractivity contribution in [3.8, 4) is 5.75 Å². The van der Waals surface area contributed by atoms with Crippen molar-refractivity contribution in [3.05, 3.63) is 23.8 Å². The van der Waals surface area contributed by atoms with Crippen molar-refractivity contribution in [2.45, 2.75) is 16.6 Å². The molecule has 1 heterocycles. The van der Waals surface area contributed by atoms with Gasteiger partial charge in [-0.05, 0) is 37.2 Å². The number of thioether (sulfide) groups is 1. The summed E-state index contributed by atoms with van der Waals surface area (Å²) in [4.78, 5) is 1.41. The lowest BCUT2D eigenvalue weighted by Crippen LogP contribution is -2.20. The van der Waals surface area contributed by atoms with Crippen LogP contribution in [0.3, 0.4) is 0 Å². The summed E-state index contributed by atoms with van der Waals surface area (Å²) >= 11 is 1.96. The molecule has 0 aliphatic carbocycles. The third-order valence-corrected chi connectivity index (χ3v) is 3.76. The van der Waals surface area contributed by atoms with E-state index < -0.39 is 0 Å². The molecule has 76 valence electrons. The number of ether oxygens (including phenoxy) is 1. The maximum Gasteiger partial charge on any atom is 0.119 e. The van der Waals surface area contributed by atoms with Crippen LogP contribution in [-0.4, -0.2) is 26.0 Å². The van der Waals surface area contributed by atoms with E-state index in [-0.39, 0.29) is 0 Å². The molecule has 1 aliphatic heterocycles. The summed E-state index contributed by atoms with van der Waals surface area (Å²) < 4.78 is 5.21. The Morgan fingerprint density at radius 2 is 2.43 bits per heavy atom. The number of hydrogen-bond donors (Lipinski definition) is 1. The molecule has 0 saturated heterocycles. The summed E-state index contributed by atoms with van der Waals surface area (Å²) in [6.45, 7) is 1.07. The lowest BCUT2D eigenvalue weighted by molar-refractivity contribution is 0.414. The Kier molecular flexibility index (Phi) is 2.99. The van der Waals surface area contributed by atoms with Crippen molar-refractivity contribution in [1.82, 2.24) is 5.32 Å². The molecule has 0 spiro atoms. The predicted octanol–water partition coefficient (Wildman–Crippen LogP) is 1.93. The van der Waals surface area contributed by atoms with E-state index >= 15 is 0 Å². The van der Waals surface area contributed by atoms with Crippen LogP contribution in [0.4, 0.5) is 0 Å². The summed E-state index contributed by atoms with van der Waals surface area (Å²) in [5, 5.41) is 3.90. The van der Waals surface area contributed by atoms with E-state index in [1.807, 2.05) is 24.9 Å². The summed E-state index contributed by atoms with van der Waals surface area (Å²) in [5.74, 6) is 0.967. The van der Waals surface area contributed by atoms with Gasteiger partial charge in [-0.15, -0.1) is 11.8 Å². The molecule has 0 fully saturated rings. The molecule has 3 heteroatoms. The highest BCUT2D eigenvalue weighted by atomic mass is 32.2. The number of hydrogen-bond acceptors (Lipinski definition) is 3.